The summed E-state index contributed by atoms with van der Waals surface area (Å²) in [6.07, 6.45) is 6.69. The van der Waals surface area contributed by atoms with Crippen molar-refractivity contribution in [3.05, 3.63) is 45.9 Å². The van der Waals surface area contributed by atoms with E-state index in [-0.39, 0.29) is 0 Å². The fraction of sp³-hybridized carbons (Fsp3) is 0.500. The van der Waals surface area contributed by atoms with Gasteiger partial charge in [-0.2, -0.15) is 0 Å². The molecule has 1 aliphatic rings. The average molecular weight is 332 g/mol. The molecule has 0 radical (unpaired) electrons. The summed E-state index contributed by atoms with van der Waals surface area (Å²) in [7, 11) is 1.63. The fourth-order valence-electron chi connectivity index (χ4n) is 3.06. The Balaban J connectivity index is 1.48. The second-order valence-electron chi connectivity index (χ2n) is 6.07. The summed E-state index contributed by atoms with van der Waals surface area (Å²) in [5, 5.41) is 14.9. The summed E-state index contributed by atoms with van der Waals surface area (Å²) in [6.45, 7) is 1.27. The molecule has 23 heavy (non-hydrogen) atoms. The first-order chi connectivity index (χ1) is 11.3. The van der Waals surface area contributed by atoms with E-state index in [0.29, 0.717) is 12.5 Å². The number of rotatable bonds is 7. The summed E-state index contributed by atoms with van der Waals surface area (Å²) < 4.78 is 5.19. The van der Waals surface area contributed by atoms with Crippen LogP contribution in [-0.4, -0.2) is 23.7 Å². The highest BCUT2D eigenvalue weighted by atomic mass is 32.1. The molecular formula is C18H24N2O2S. The minimum atomic E-state index is -0.535. The topological polar surface area (TPSA) is 54.4 Å². The van der Waals surface area contributed by atoms with Crippen molar-refractivity contribution in [1.29, 1.82) is 0 Å². The van der Waals surface area contributed by atoms with Gasteiger partial charge in [0.2, 0.25) is 0 Å². The number of nitrogens with one attached hydrogen (secondary N) is 1. The highest BCUT2D eigenvalue weighted by Crippen LogP contribution is 2.36. The van der Waals surface area contributed by atoms with Gasteiger partial charge in [-0.05, 0) is 30.5 Å². The van der Waals surface area contributed by atoms with Gasteiger partial charge in [0.15, 0.2) is 0 Å². The van der Waals surface area contributed by atoms with E-state index < -0.39 is 6.10 Å². The van der Waals surface area contributed by atoms with Gasteiger partial charge in [0.05, 0.1) is 18.2 Å². The molecule has 3 rings (SSSR count). The Morgan fingerprint density at radius 3 is 3.00 bits per heavy atom. The first-order valence-electron chi connectivity index (χ1n) is 8.23. The van der Waals surface area contributed by atoms with E-state index in [1.54, 1.807) is 7.11 Å². The Bertz CT molecular complexity index is 623. The molecule has 124 valence electrons. The minimum absolute atomic E-state index is 0.518. The molecule has 1 heterocycles. The molecule has 0 amide bonds. The van der Waals surface area contributed by atoms with Crippen LogP contribution in [0.5, 0.6) is 5.75 Å². The quantitative estimate of drug-likeness (QED) is 0.813. The lowest BCUT2D eigenvalue weighted by Crippen LogP contribution is -2.20. The Morgan fingerprint density at radius 1 is 1.39 bits per heavy atom. The minimum Gasteiger partial charge on any atom is -0.497 e. The Kier molecular flexibility index (Phi) is 5.65. The van der Waals surface area contributed by atoms with E-state index in [0.717, 1.165) is 17.9 Å². The standard InChI is InChI=1S/C18H24N2O2S/c1-22-15-8-4-7-14(9-15)17(21)12-19-10-16-11-20-18(23-16)13-5-2-3-6-13/h4,7-9,11,13,17,19,21H,2-3,5-6,10,12H2,1H3. The van der Waals surface area contributed by atoms with E-state index in [1.807, 2.05) is 41.8 Å². The van der Waals surface area contributed by atoms with E-state index in [4.69, 9.17) is 4.74 Å². The Morgan fingerprint density at radius 2 is 2.22 bits per heavy atom. The van der Waals surface area contributed by atoms with E-state index in [9.17, 15) is 5.11 Å². The number of methoxy groups -OCH3 is 1. The number of nitrogens with zero attached hydrogens (tertiary/aromatic N) is 1. The highest BCUT2D eigenvalue weighted by molar-refractivity contribution is 7.11. The van der Waals surface area contributed by atoms with Gasteiger partial charge in [-0.3, -0.25) is 0 Å². The number of aliphatic hydroxyl groups excluding tert-OH is 1. The summed E-state index contributed by atoms with van der Waals surface area (Å²) in [4.78, 5) is 5.82. The van der Waals surface area contributed by atoms with E-state index in [1.165, 1.54) is 35.6 Å². The van der Waals surface area contributed by atoms with Crippen LogP contribution in [0.3, 0.4) is 0 Å². The number of hydrogen-bond acceptors (Lipinski definition) is 5. The second-order valence-corrected chi connectivity index (χ2v) is 7.22. The van der Waals surface area contributed by atoms with Crippen LogP contribution in [0.2, 0.25) is 0 Å². The third-order valence-corrected chi connectivity index (χ3v) is 5.55. The van der Waals surface area contributed by atoms with Crippen molar-refractivity contribution in [3.8, 4) is 5.75 Å². The van der Waals surface area contributed by atoms with Crippen molar-refractivity contribution >= 4 is 11.3 Å². The molecule has 1 atom stereocenters. The van der Waals surface area contributed by atoms with E-state index >= 15 is 0 Å². The molecule has 2 N–H and O–H groups in total. The molecule has 5 heteroatoms. The fourth-order valence-corrected chi connectivity index (χ4v) is 4.12. The van der Waals surface area contributed by atoms with Crippen molar-refractivity contribution in [2.24, 2.45) is 0 Å². The third kappa shape index (κ3) is 4.31. The molecule has 1 saturated carbocycles. The normalized spacial score (nSPS) is 16.6. The Hall–Kier alpha value is -1.43. The number of aromatic nitrogens is 1. The van der Waals surface area contributed by atoms with Gasteiger partial charge in [-0.1, -0.05) is 25.0 Å². The number of aliphatic hydroxyl groups is 1. The molecular weight excluding hydrogens is 308 g/mol. The SMILES string of the molecule is COc1cccc(C(O)CNCc2cnc(C3CCCC3)s2)c1. The van der Waals surface area contributed by atoms with Gasteiger partial charge in [0.25, 0.3) is 0 Å². The molecule has 0 saturated heterocycles. The van der Waals surface area contributed by atoms with Gasteiger partial charge in [0, 0.05) is 30.1 Å². The van der Waals surface area contributed by atoms with Gasteiger partial charge < -0.3 is 15.2 Å². The first kappa shape index (κ1) is 16.4. The summed E-state index contributed by atoms with van der Waals surface area (Å²) in [5.74, 6) is 1.45. The predicted octanol–water partition coefficient (Wildman–Crippen LogP) is 3.63. The summed E-state index contributed by atoms with van der Waals surface area (Å²) >= 11 is 1.81. The zero-order valence-electron chi connectivity index (χ0n) is 13.5. The van der Waals surface area contributed by atoms with Gasteiger partial charge in [-0.25, -0.2) is 4.98 Å². The van der Waals surface area contributed by atoms with Crippen LogP contribution >= 0.6 is 11.3 Å². The molecule has 1 aromatic heterocycles. The van der Waals surface area contributed by atoms with Crippen LogP contribution in [-0.2, 0) is 6.54 Å². The molecule has 1 unspecified atom stereocenters. The van der Waals surface area contributed by atoms with Crippen molar-refractivity contribution in [1.82, 2.24) is 10.3 Å². The number of ether oxygens (including phenoxy) is 1. The maximum absolute atomic E-state index is 10.3. The molecule has 0 aliphatic heterocycles. The van der Waals surface area contributed by atoms with Crippen LogP contribution in [0.15, 0.2) is 30.5 Å². The van der Waals surface area contributed by atoms with Crippen LogP contribution < -0.4 is 10.1 Å². The molecule has 4 nitrogen and oxygen atoms in total. The second kappa shape index (κ2) is 7.90. The maximum Gasteiger partial charge on any atom is 0.119 e. The van der Waals surface area contributed by atoms with Crippen LogP contribution in [0, 0.1) is 0 Å². The Labute approximate surface area is 141 Å². The summed E-state index contributed by atoms with van der Waals surface area (Å²) in [5.41, 5.74) is 0.868. The lowest BCUT2D eigenvalue weighted by Gasteiger charge is -2.12. The van der Waals surface area contributed by atoms with Crippen molar-refractivity contribution in [3.63, 3.8) is 0 Å². The predicted molar refractivity (Wildman–Crippen MR) is 93.0 cm³/mol. The zero-order valence-corrected chi connectivity index (χ0v) is 14.3. The average Bonchev–Trinajstić information content (AvgIpc) is 3.26. The zero-order chi connectivity index (χ0) is 16.1. The molecule has 1 fully saturated rings. The van der Waals surface area contributed by atoms with Gasteiger partial charge in [-0.15, -0.1) is 11.3 Å². The lowest BCUT2D eigenvalue weighted by molar-refractivity contribution is 0.174. The van der Waals surface area contributed by atoms with Crippen molar-refractivity contribution in [2.75, 3.05) is 13.7 Å². The van der Waals surface area contributed by atoms with Crippen molar-refractivity contribution in [2.45, 2.75) is 44.2 Å². The highest BCUT2D eigenvalue weighted by Gasteiger charge is 2.20. The smallest absolute Gasteiger partial charge is 0.119 e. The largest absolute Gasteiger partial charge is 0.497 e. The molecule has 0 spiro atoms. The van der Waals surface area contributed by atoms with Gasteiger partial charge in [0.1, 0.15) is 5.75 Å². The molecule has 0 bridgehead atoms. The number of hydrogen-bond donors (Lipinski definition) is 2. The molecule has 1 aliphatic carbocycles. The van der Waals surface area contributed by atoms with Crippen LogP contribution in [0.4, 0.5) is 0 Å². The lowest BCUT2D eigenvalue weighted by atomic mass is 10.1. The monoisotopic (exact) mass is 332 g/mol. The van der Waals surface area contributed by atoms with Crippen LogP contribution in [0.1, 0.15) is 53.2 Å². The van der Waals surface area contributed by atoms with Crippen LogP contribution in [0.25, 0.3) is 0 Å². The van der Waals surface area contributed by atoms with Crippen molar-refractivity contribution < 1.29 is 9.84 Å². The molecule has 1 aromatic carbocycles. The maximum atomic E-state index is 10.3. The molecule has 2 aromatic rings. The first-order valence-corrected chi connectivity index (χ1v) is 9.05. The number of thiazole rings is 1. The number of benzene rings is 1. The van der Waals surface area contributed by atoms with E-state index in [2.05, 4.69) is 10.3 Å². The van der Waals surface area contributed by atoms with Gasteiger partial charge >= 0.3 is 0 Å². The third-order valence-electron chi connectivity index (χ3n) is 4.39. The summed E-state index contributed by atoms with van der Waals surface area (Å²) in [6, 6.07) is 7.57.